The van der Waals surface area contributed by atoms with Gasteiger partial charge in [0.2, 0.25) is 11.8 Å². The van der Waals surface area contributed by atoms with Crippen molar-refractivity contribution in [2.45, 2.75) is 12.5 Å². The van der Waals surface area contributed by atoms with Crippen molar-refractivity contribution in [1.29, 1.82) is 0 Å². The first kappa shape index (κ1) is 19.8. The molecule has 0 aliphatic rings. The van der Waals surface area contributed by atoms with Gasteiger partial charge in [-0.1, -0.05) is 48.5 Å². The van der Waals surface area contributed by atoms with Crippen molar-refractivity contribution in [1.82, 2.24) is 5.32 Å². The Labute approximate surface area is 168 Å². The SMILES string of the molecule is NC(=O)c1ccc(NC(=O)[C@H](Cc2ccccc2)NC(=O)c2ccccc2)cc1. The third-order valence-electron chi connectivity index (χ3n) is 4.38. The average molecular weight is 387 g/mol. The molecule has 1 atom stereocenters. The maximum Gasteiger partial charge on any atom is 0.251 e. The Morgan fingerprint density at radius 1 is 0.759 bits per heavy atom. The van der Waals surface area contributed by atoms with E-state index in [0.717, 1.165) is 5.56 Å². The van der Waals surface area contributed by atoms with Gasteiger partial charge in [0.1, 0.15) is 6.04 Å². The maximum atomic E-state index is 12.9. The van der Waals surface area contributed by atoms with Crippen LogP contribution in [0.2, 0.25) is 0 Å². The highest BCUT2D eigenvalue weighted by Crippen LogP contribution is 2.12. The molecule has 3 aromatic rings. The minimum absolute atomic E-state index is 0.328. The van der Waals surface area contributed by atoms with Crippen LogP contribution in [-0.4, -0.2) is 23.8 Å². The largest absolute Gasteiger partial charge is 0.366 e. The maximum absolute atomic E-state index is 12.9. The molecule has 0 saturated carbocycles. The molecule has 0 heterocycles. The van der Waals surface area contributed by atoms with E-state index < -0.39 is 11.9 Å². The van der Waals surface area contributed by atoms with E-state index >= 15 is 0 Å². The standard InChI is InChI=1S/C23H21N3O3/c24-21(27)17-11-13-19(14-12-17)25-23(29)20(15-16-7-3-1-4-8-16)26-22(28)18-9-5-2-6-10-18/h1-14,20H,15H2,(H2,24,27)(H,25,29)(H,26,28)/t20-/m0/s1. The van der Waals surface area contributed by atoms with E-state index in [-0.39, 0.29) is 11.8 Å². The van der Waals surface area contributed by atoms with Crippen LogP contribution in [0.25, 0.3) is 0 Å². The van der Waals surface area contributed by atoms with Gasteiger partial charge in [0.25, 0.3) is 5.91 Å². The molecule has 3 rings (SSSR count). The van der Waals surface area contributed by atoms with Gasteiger partial charge in [-0.2, -0.15) is 0 Å². The van der Waals surface area contributed by atoms with Crippen molar-refractivity contribution >= 4 is 23.4 Å². The van der Waals surface area contributed by atoms with E-state index in [2.05, 4.69) is 10.6 Å². The molecule has 3 amide bonds. The van der Waals surface area contributed by atoms with Crippen LogP contribution in [0.15, 0.2) is 84.9 Å². The fourth-order valence-corrected chi connectivity index (χ4v) is 2.84. The molecule has 0 aliphatic carbocycles. The molecular formula is C23H21N3O3. The van der Waals surface area contributed by atoms with Gasteiger partial charge >= 0.3 is 0 Å². The van der Waals surface area contributed by atoms with Crippen LogP contribution in [0.3, 0.4) is 0 Å². The third-order valence-corrected chi connectivity index (χ3v) is 4.38. The van der Waals surface area contributed by atoms with Crippen LogP contribution in [0.1, 0.15) is 26.3 Å². The molecule has 4 N–H and O–H groups in total. The first-order chi connectivity index (χ1) is 14.0. The monoisotopic (exact) mass is 387 g/mol. The van der Waals surface area contributed by atoms with E-state index in [4.69, 9.17) is 5.73 Å². The number of anilines is 1. The lowest BCUT2D eigenvalue weighted by Crippen LogP contribution is -2.45. The zero-order chi connectivity index (χ0) is 20.6. The molecule has 6 heteroatoms. The summed E-state index contributed by atoms with van der Waals surface area (Å²) in [6.07, 6.45) is 0.338. The number of hydrogen-bond acceptors (Lipinski definition) is 3. The summed E-state index contributed by atoms with van der Waals surface area (Å²) in [6.45, 7) is 0. The highest BCUT2D eigenvalue weighted by molar-refractivity contribution is 6.01. The third kappa shape index (κ3) is 5.52. The molecule has 0 radical (unpaired) electrons. The van der Waals surface area contributed by atoms with E-state index in [0.29, 0.717) is 23.2 Å². The minimum atomic E-state index is -0.777. The smallest absolute Gasteiger partial charge is 0.251 e. The van der Waals surface area contributed by atoms with Crippen molar-refractivity contribution in [2.24, 2.45) is 5.73 Å². The molecule has 6 nitrogen and oxygen atoms in total. The fraction of sp³-hybridized carbons (Fsp3) is 0.0870. The second kappa shape index (κ2) is 9.32. The molecule has 29 heavy (non-hydrogen) atoms. The summed E-state index contributed by atoms with van der Waals surface area (Å²) in [7, 11) is 0. The van der Waals surface area contributed by atoms with Gasteiger partial charge in [0.05, 0.1) is 0 Å². The van der Waals surface area contributed by atoms with Crippen LogP contribution in [0.4, 0.5) is 5.69 Å². The molecule has 0 aromatic heterocycles. The summed E-state index contributed by atoms with van der Waals surface area (Å²) >= 11 is 0. The van der Waals surface area contributed by atoms with Crippen molar-refractivity contribution in [2.75, 3.05) is 5.32 Å². The lowest BCUT2D eigenvalue weighted by Gasteiger charge is -2.19. The van der Waals surface area contributed by atoms with Crippen LogP contribution >= 0.6 is 0 Å². The molecule has 3 aromatic carbocycles. The van der Waals surface area contributed by atoms with Crippen molar-refractivity contribution in [3.63, 3.8) is 0 Å². The fourth-order valence-electron chi connectivity index (χ4n) is 2.84. The minimum Gasteiger partial charge on any atom is -0.366 e. The van der Waals surface area contributed by atoms with Gasteiger partial charge in [-0.15, -0.1) is 0 Å². The summed E-state index contributed by atoms with van der Waals surface area (Å²) in [5, 5.41) is 5.59. The quantitative estimate of drug-likeness (QED) is 0.581. The molecular weight excluding hydrogens is 366 g/mol. The van der Waals surface area contributed by atoms with Gasteiger partial charge < -0.3 is 16.4 Å². The second-order valence-corrected chi connectivity index (χ2v) is 6.51. The van der Waals surface area contributed by atoms with Crippen LogP contribution in [0.5, 0.6) is 0 Å². The number of amides is 3. The molecule has 0 aliphatic heterocycles. The van der Waals surface area contributed by atoms with Crippen molar-refractivity contribution < 1.29 is 14.4 Å². The first-order valence-corrected chi connectivity index (χ1v) is 9.13. The second-order valence-electron chi connectivity index (χ2n) is 6.51. The number of rotatable bonds is 7. The highest BCUT2D eigenvalue weighted by Gasteiger charge is 2.22. The van der Waals surface area contributed by atoms with Gasteiger partial charge in [-0.05, 0) is 42.0 Å². The number of carbonyl (C=O) groups excluding carboxylic acids is 3. The zero-order valence-corrected chi connectivity index (χ0v) is 15.7. The van der Waals surface area contributed by atoms with Gasteiger partial charge in [0.15, 0.2) is 0 Å². The molecule has 0 fully saturated rings. The van der Waals surface area contributed by atoms with Gasteiger partial charge in [0, 0.05) is 23.2 Å². The van der Waals surface area contributed by atoms with E-state index in [1.54, 1.807) is 36.4 Å². The number of nitrogens with two attached hydrogens (primary N) is 1. The predicted molar refractivity (Wildman–Crippen MR) is 111 cm³/mol. The lowest BCUT2D eigenvalue weighted by molar-refractivity contribution is -0.118. The highest BCUT2D eigenvalue weighted by atomic mass is 16.2. The molecule has 0 saturated heterocycles. The number of primary amides is 1. The van der Waals surface area contributed by atoms with E-state index in [1.165, 1.54) is 12.1 Å². The molecule has 0 bridgehead atoms. The van der Waals surface area contributed by atoms with Crippen LogP contribution in [0, 0.1) is 0 Å². The summed E-state index contributed by atoms with van der Waals surface area (Å²) in [5.41, 5.74) is 7.49. The number of benzene rings is 3. The zero-order valence-electron chi connectivity index (χ0n) is 15.7. The Hall–Kier alpha value is -3.93. The number of carbonyl (C=O) groups is 3. The summed E-state index contributed by atoms with van der Waals surface area (Å²) in [6, 6.07) is 23.7. The Morgan fingerprint density at radius 2 is 1.34 bits per heavy atom. The summed E-state index contributed by atoms with van der Waals surface area (Å²) in [4.78, 5) is 36.7. The average Bonchev–Trinajstić information content (AvgIpc) is 2.75. The number of hydrogen-bond donors (Lipinski definition) is 3. The van der Waals surface area contributed by atoms with Crippen molar-refractivity contribution in [3.8, 4) is 0 Å². The van der Waals surface area contributed by atoms with Crippen molar-refractivity contribution in [3.05, 3.63) is 102 Å². The predicted octanol–water partition coefficient (Wildman–Crippen LogP) is 2.77. The van der Waals surface area contributed by atoms with Crippen LogP contribution < -0.4 is 16.4 Å². The van der Waals surface area contributed by atoms with Gasteiger partial charge in [-0.25, -0.2) is 0 Å². The number of nitrogens with one attached hydrogen (secondary N) is 2. The lowest BCUT2D eigenvalue weighted by atomic mass is 10.0. The Kier molecular flexibility index (Phi) is 6.37. The Balaban J connectivity index is 1.76. The Morgan fingerprint density at radius 3 is 1.93 bits per heavy atom. The molecule has 0 spiro atoms. The topological polar surface area (TPSA) is 101 Å². The first-order valence-electron chi connectivity index (χ1n) is 9.13. The molecule has 146 valence electrons. The summed E-state index contributed by atoms with van der Waals surface area (Å²) in [5.74, 6) is -1.23. The van der Waals surface area contributed by atoms with Crippen LogP contribution in [-0.2, 0) is 11.2 Å². The van der Waals surface area contributed by atoms with Gasteiger partial charge in [-0.3, -0.25) is 14.4 Å². The summed E-state index contributed by atoms with van der Waals surface area (Å²) < 4.78 is 0. The van der Waals surface area contributed by atoms with E-state index in [9.17, 15) is 14.4 Å². The molecule has 0 unspecified atom stereocenters. The normalized spacial score (nSPS) is 11.3. The van der Waals surface area contributed by atoms with E-state index in [1.807, 2.05) is 36.4 Å². The Bertz CT molecular complexity index is 987.